The second-order valence-corrected chi connectivity index (χ2v) is 5.58. The van der Waals surface area contributed by atoms with Crippen LogP contribution < -0.4 is 0 Å². The molecule has 1 heteroatoms. The van der Waals surface area contributed by atoms with Crippen molar-refractivity contribution in [3.63, 3.8) is 0 Å². The molecule has 2 aromatic rings. The van der Waals surface area contributed by atoms with Crippen LogP contribution >= 0.6 is 0 Å². The third-order valence-corrected chi connectivity index (χ3v) is 3.87. The standard InChI is InChI=1S/C13H10.C9H15N/c1-3-7-12-10(5-1)9-11-6-2-4-8-13(11)12;1-4-7-10(8-5-2)9-6-3/h1-8H,9H2;4-6H,1-3,7-9H2. The zero-order chi connectivity index (χ0) is 16.5. The molecule has 0 radical (unpaired) electrons. The number of rotatable bonds is 6. The lowest BCUT2D eigenvalue weighted by atomic mass is 10.1. The average molecular weight is 303 g/mol. The van der Waals surface area contributed by atoms with E-state index in [2.05, 4.69) is 73.2 Å². The van der Waals surface area contributed by atoms with Crippen LogP contribution in [-0.2, 0) is 6.42 Å². The molecule has 1 nitrogen and oxygen atoms in total. The highest BCUT2D eigenvalue weighted by atomic mass is 15.1. The van der Waals surface area contributed by atoms with Crippen LogP contribution in [0, 0.1) is 0 Å². The van der Waals surface area contributed by atoms with Crippen molar-refractivity contribution in [2.24, 2.45) is 0 Å². The van der Waals surface area contributed by atoms with Gasteiger partial charge in [0, 0.05) is 19.6 Å². The van der Waals surface area contributed by atoms with Gasteiger partial charge in [0.25, 0.3) is 0 Å². The summed E-state index contributed by atoms with van der Waals surface area (Å²) in [5, 5.41) is 0. The van der Waals surface area contributed by atoms with Crippen LogP contribution in [0.4, 0.5) is 0 Å². The molecular weight excluding hydrogens is 278 g/mol. The lowest BCUT2D eigenvalue weighted by Crippen LogP contribution is -2.23. The van der Waals surface area contributed by atoms with Crippen molar-refractivity contribution in [3.05, 3.63) is 97.6 Å². The predicted molar refractivity (Wildman–Crippen MR) is 102 cm³/mol. The Hall–Kier alpha value is -2.38. The molecule has 0 N–H and O–H groups in total. The molecular formula is C22H25N. The summed E-state index contributed by atoms with van der Waals surface area (Å²) in [4.78, 5) is 2.19. The van der Waals surface area contributed by atoms with Crippen molar-refractivity contribution in [3.8, 4) is 11.1 Å². The fourth-order valence-corrected chi connectivity index (χ4v) is 2.85. The minimum absolute atomic E-state index is 0.901. The van der Waals surface area contributed by atoms with Crippen LogP contribution in [0.15, 0.2) is 86.5 Å². The summed E-state index contributed by atoms with van der Waals surface area (Å²) in [7, 11) is 0. The maximum atomic E-state index is 3.65. The van der Waals surface area contributed by atoms with E-state index in [-0.39, 0.29) is 0 Å². The van der Waals surface area contributed by atoms with Gasteiger partial charge in [-0.2, -0.15) is 0 Å². The van der Waals surface area contributed by atoms with E-state index in [1.54, 1.807) is 0 Å². The summed E-state index contributed by atoms with van der Waals surface area (Å²) in [5.41, 5.74) is 5.75. The van der Waals surface area contributed by atoms with Gasteiger partial charge < -0.3 is 0 Å². The minimum atomic E-state index is 0.901. The molecule has 0 saturated heterocycles. The van der Waals surface area contributed by atoms with Gasteiger partial charge in [0.2, 0.25) is 0 Å². The zero-order valence-corrected chi connectivity index (χ0v) is 13.7. The molecule has 0 fully saturated rings. The Morgan fingerprint density at radius 3 is 1.48 bits per heavy atom. The van der Waals surface area contributed by atoms with E-state index in [0.29, 0.717) is 0 Å². The van der Waals surface area contributed by atoms with Crippen LogP contribution in [0.3, 0.4) is 0 Å². The van der Waals surface area contributed by atoms with Gasteiger partial charge in [-0.15, -0.1) is 19.7 Å². The van der Waals surface area contributed by atoms with Gasteiger partial charge in [0.1, 0.15) is 0 Å². The Balaban J connectivity index is 0.000000175. The molecule has 2 aromatic carbocycles. The molecule has 0 aromatic heterocycles. The number of hydrogen-bond acceptors (Lipinski definition) is 1. The van der Waals surface area contributed by atoms with Crippen LogP contribution in [0.1, 0.15) is 11.1 Å². The highest BCUT2D eigenvalue weighted by Gasteiger charge is 2.15. The summed E-state index contributed by atoms with van der Waals surface area (Å²) in [6.07, 6.45) is 6.75. The van der Waals surface area contributed by atoms with Crippen LogP contribution in [0.5, 0.6) is 0 Å². The van der Waals surface area contributed by atoms with Gasteiger partial charge in [-0.05, 0) is 28.7 Å². The molecule has 0 saturated carbocycles. The molecule has 0 bridgehead atoms. The maximum absolute atomic E-state index is 3.65. The van der Waals surface area contributed by atoms with Crippen molar-refractivity contribution in [1.29, 1.82) is 0 Å². The fourth-order valence-electron chi connectivity index (χ4n) is 2.85. The van der Waals surface area contributed by atoms with Crippen molar-refractivity contribution in [2.75, 3.05) is 19.6 Å². The van der Waals surface area contributed by atoms with Gasteiger partial charge in [0.05, 0.1) is 0 Å². The number of hydrogen-bond donors (Lipinski definition) is 0. The first-order valence-electron chi connectivity index (χ1n) is 8.01. The van der Waals surface area contributed by atoms with Crippen molar-refractivity contribution in [1.82, 2.24) is 4.90 Å². The van der Waals surface area contributed by atoms with Gasteiger partial charge in [-0.1, -0.05) is 66.8 Å². The molecule has 118 valence electrons. The van der Waals surface area contributed by atoms with Gasteiger partial charge in [-0.25, -0.2) is 0 Å². The third kappa shape index (κ3) is 4.54. The zero-order valence-electron chi connectivity index (χ0n) is 13.7. The normalized spacial score (nSPS) is 11.0. The Morgan fingerprint density at radius 1 is 0.696 bits per heavy atom. The highest BCUT2D eigenvalue weighted by molar-refractivity contribution is 5.76. The Labute approximate surface area is 140 Å². The first kappa shape index (κ1) is 17.0. The quantitative estimate of drug-likeness (QED) is 0.572. The molecule has 23 heavy (non-hydrogen) atoms. The molecule has 0 unspecified atom stereocenters. The second kappa shape index (κ2) is 8.92. The fraction of sp³-hybridized carbons (Fsp3) is 0.182. The molecule has 0 atom stereocenters. The topological polar surface area (TPSA) is 3.24 Å². The Kier molecular flexibility index (Phi) is 6.58. The predicted octanol–water partition coefficient (Wildman–Crippen LogP) is 5.10. The first-order chi connectivity index (χ1) is 11.3. The van der Waals surface area contributed by atoms with Crippen molar-refractivity contribution >= 4 is 0 Å². The number of fused-ring (bicyclic) bond motifs is 3. The Bertz CT molecular complexity index is 602. The third-order valence-electron chi connectivity index (χ3n) is 3.87. The summed E-state index contributed by atoms with van der Waals surface area (Å²) in [5.74, 6) is 0. The summed E-state index contributed by atoms with van der Waals surface area (Å²) < 4.78 is 0. The van der Waals surface area contributed by atoms with Gasteiger partial charge >= 0.3 is 0 Å². The molecule has 0 spiro atoms. The molecule has 0 aliphatic heterocycles. The minimum Gasteiger partial charge on any atom is -0.292 e. The Morgan fingerprint density at radius 2 is 1.09 bits per heavy atom. The second-order valence-electron chi connectivity index (χ2n) is 5.58. The monoisotopic (exact) mass is 303 g/mol. The molecule has 1 aliphatic carbocycles. The van der Waals surface area contributed by atoms with E-state index in [1.807, 2.05) is 18.2 Å². The van der Waals surface area contributed by atoms with Crippen LogP contribution in [0.25, 0.3) is 11.1 Å². The largest absolute Gasteiger partial charge is 0.292 e. The van der Waals surface area contributed by atoms with E-state index in [4.69, 9.17) is 0 Å². The van der Waals surface area contributed by atoms with Crippen molar-refractivity contribution in [2.45, 2.75) is 6.42 Å². The van der Waals surface area contributed by atoms with Crippen LogP contribution in [0.2, 0.25) is 0 Å². The van der Waals surface area contributed by atoms with Gasteiger partial charge in [0.15, 0.2) is 0 Å². The van der Waals surface area contributed by atoms with E-state index < -0.39 is 0 Å². The number of nitrogens with zero attached hydrogens (tertiary/aromatic N) is 1. The highest BCUT2D eigenvalue weighted by Crippen LogP contribution is 2.35. The maximum Gasteiger partial charge on any atom is 0.0167 e. The average Bonchev–Trinajstić information content (AvgIpc) is 2.95. The SMILES string of the molecule is C=CCN(CC=C)CC=C.c1ccc2c(c1)Cc1ccccc1-2. The van der Waals surface area contributed by atoms with Crippen LogP contribution in [-0.4, -0.2) is 24.5 Å². The smallest absolute Gasteiger partial charge is 0.0167 e. The molecule has 0 amide bonds. The molecule has 1 aliphatic rings. The molecule has 0 heterocycles. The summed E-state index contributed by atoms with van der Waals surface area (Å²) in [6.45, 7) is 13.7. The first-order valence-corrected chi connectivity index (χ1v) is 8.01. The summed E-state index contributed by atoms with van der Waals surface area (Å²) >= 11 is 0. The molecule has 3 rings (SSSR count). The van der Waals surface area contributed by atoms with E-state index in [0.717, 1.165) is 26.1 Å². The van der Waals surface area contributed by atoms with Gasteiger partial charge in [-0.3, -0.25) is 4.90 Å². The summed E-state index contributed by atoms with van der Waals surface area (Å²) in [6, 6.07) is 17.3. The lowest BCUT2D eigenvalue weighted by Gasteiger charge is -2.15. The van der Waals surface area contributed by atoms with E-state index in [1.165, 1.54) is 22.3 Å². The van der Waals surface area contributed by atoms with E-state index in [9.17, 15) is 0 Å². The lowest BCUT2D eigenvalue weighted by molar-refractivity contribution is 0.373. The number of benzene rings is 2. The van der Waals surface area contributed by atoms with E-state index >= 15 is 0 Å². The van der Waals surface area contributed by atoms with Crippen molar-refractivity contribution < 1.29 is 0 Å².